The third-order valence-corrected chi connectivity index (χ3v) is 5.40. The summed E-state index contributed by atoms with van der Waals surface area (Å²) in [5.41, 5.74) is 0. The highest BCUT2D eigenvalue weighted by Gasteiger charge is 2.60. The maximum absolute atomic E-state index is 12.9. The molecule has 0 bridgehead atoms. The summed E-state index contributed by atoms with van der Waals surface area (Å²) in [6.45, 7) is 3.82. The number of halogens is 3. The van der Waals surface area contributed by atoms with Crippen molar-refractivity contribution >= 4 is 41.7 Å². The number of esters is 6. The number of hydrogen-bond donors (Lipinski definition) is 1. The van der Waals surface area contributed by atoms with Gasteiger partial charge in [0.1, 0.15) is 18.8 Å². The molecule has 1 saturated heterocycles. The van der Waals surface area contributed by atoms with Gasteiger partial charge in [-0.1, -0.05) is 0 Å². The minimum absolute atomic E-state index is 0.793. The molecule has 0 unspecified atom stereocenters. The Kier molecular flexibility index (Phi) is 13.2. The molecular weight excluding hydrogens is 583 g/mol. The maximum Gasteiger partial charge on any atom is 0.389 e. The van der Waals surface area contributed by atoms with Gasteiger partial charge in [-0.05, 0) is 0 Å². The topological polar surface area (TPSA) is 196 Å². The van der Waals surface area contributed by atoms with Gasteiger partial charge in [-0.3, -0.25) is 28.8 Å². The minimum atomic E-state index is -4.73. The van der Waals surface area contributed by atoms with Crippen molar-refractivity contribution in [3.05, 3.63) is 0 Å². The van der Waals surface area contributed by atoms with E-state index in [-0.39, 0.29) is 0 Å². The molecule has 0 aromatic carbocycles. The summed E-state index contributed by atoms with van der Waals surface area (Å²) in [6, 6.07) is -1.73. The first-order chi connectivity index (χ1) is 19.3. The van der Waals surface area contributed by atoms with Crippen LogP contribution in [0.2, 0.25) is 0 Å². The first kappa shape index (κ1) is 36.1. The fourth-order valence-corrected chi connectivity index (χ4v) is 4.01. The lowest BCUT2D eigenvalue weighted by Gasteiger charge is -2.48. The highest BCUT2D eigenvalue weighted by molar-refractivity contribution is 5.82. The number of amides is 1. The van der Waals surface area contributed by atoms with Crippen molar-refractivity contribution in [2.45, 2.75) is 96.3 Å². The number of rotatable bonds is 12. The molecule has 15 nitrogen and oxygen atoms in total. The molecule has 42 heavy (non-hydrogen) atoms. The Hall–Kier alpha value is -3.96. The van der Waals surface area contributed by atoms with Crippen molar-refractivity contribution in [1.29, 1.82) is 0 Å². The summed E-state index contributed by atoms with van der Waals surface area (Å²) >= 11 is 0. The summed E-state index contributed by atoms with van der Waals surface area (Å²) in [5.74, 6) is -10.4. The van der Waals surface area contributed by atoms with Crippen molar-refractivity contribution in [1.82, 2.24) is 5.32 Å². The fourth-order valence-electron chi connectivity index (χ4n) is 4.01. The molecule has 18 heteroatoms. The van der Waals surface area contributed by atoms with Crippen LogP contribution < -0.4 is 5.32 Å². The first-order valence-corrected chi connectivity index (χ1v) is 12.3. The fraction of sp³-hybridized carbons (Fsp3) is 0.708. The second-order valence-corrected chi connectivity index (χ2v) is 9.01. The number of nitrogens with one attached hydrogen (secondary N) is 1. The Balaban J connectivity index is 3.87. The molecule has 238 valence electrons. The van der Waals surface area contributed by atoms with Crippen molar-refractivity contribution < 1.29 is 79.9 Å². The lowest BCUT2D eigenvalue weighted by atomic mass is 9.87. The number of carbonyl (C=O) groups is 7. The molecule has 1 aliphatic rings. The van der Waals surface area contributed by atoms with Crippen LogP contribution in [-0.2, 0) is 66.7 Å². The summed E-state index contributed by atoms with van der Waals surface area (Å²) in [5, 5.41) is 2.20. The van der Waals surface area contributed by atoms with Crippen LogP contribution in [0.5, 0.6) is 0 Å². The predicted molar refractivity (Wildman–Crippen MR) is 127 cm³/mol. The molecule has 0 aromatic heterocycles. The number of carbonyl (C=O) groups excluding carboxylic acids is 7. The van der Waals surface area contributed by atoms with Crippen LogP contribution >= 0.6 is 0 Å². The summed E-state index contributed by atoms with van der Waals surface area (Å²) in [7, 11) is 0.879. The lowest BCUT2D eigenvalue weighted by Crippen LogP contribution is -2.69. The molecule has 0 aromatic rings. The van der Waals surface area contributed by atoms with Crippen LogP contribution in [0.4, 0.5) is 13.2 Å². The second kappa shape index (κ2) is 15.3. The highest BCUT2D eigenvalue weighted by Crippen LogP contribution is 2.37. The van der Waals surface area contributed by atoms with E-state index >= 15 is 0 Å². The van der Waals surface area contributed by atoms with Crippen LogP contribution in [0.25, 0.3) is 0 Å². The van der Waals surface area contributed by atoms with E-state index in [4.69, 9.17) is 33.2 Å². The van der Waals surface area contributed by atoms with Gasteiger partial charge in [0.25, 0.3) is 0 Å². The third kappa shape index (κ3) is 11.5. The lowest BCUT2D eigenvalue weighted by molar-refractivity contribution is -0.304. The zero-order chi connectivity index (χ0) is 32.4. The Morgan fingerprint density at radius 3 is 1.95 bits per heavy atom. The molecule has 0 saturated carbocycles. The van der Waals surface area contributed by atoms with E-state index in [9.17, 15) is 46.7 Å². The van der Waals surface area contributed by atoms with E-state index < -0.39 is 110 Å². The predicted octanol–water partition coefficient (Wildman–Crippen LogP) is 0.393. The number of alkyl halides is 3. The summed E-state index contributed by atoms with van der Waals surface area (Å²) in [4.78, 5) is 85.2. The number of ether oxygens (including phenoxy) is 7. The van der Waals surface area contributed by atoms with Gasteiger partial charge < -0.3 is 38.5 Å². The quantitative estimate of drug-likeness (QED) is 0.234. The molecule has 0 spiro atoms. The standard InChI is InChI=1S/C24H32F3NO14/c1-11(29)37-10-17(39-13(3)31)20(40-14(4)32)21-19(28-18(34)7-8-24(25,26)27)16(38-12(2)30)9-23(42-21,22(35)36-6)41-15(5)33/h16-17,19-21H,7-10H2,1-6H3,(H,28,34)/t16-,17+,19+,20-,21+,23+/m0/s1. The van der Waals surface area contributed by atoms with Crippen LogP contribution in [0, 0.1) is 0 Å². The second-order valence-electron chi connectivity index (χ2n) is 9.01. The van der Waals surface area contributed by atoms with E-state index in [1.165, 1.54) is 0 Å². The van der Waals surface area contributed by atoms with Crippen LogP contribution in [-0.4, -0.2) is 97.9 Å². The first-order valence-electron chi connectivity index (χ1n) is 12.3. The smallest absolute Gasteiger partial charge is 0.389 e. The Morgan fingerprint density at radius 1 is 0.905 bits per heavy atom. The van der Waals surface area contributed by atoms with E-state index in [2.05, 4.69) is 5.32 Å². The Labute approximate surface area is 237 Å². The van der Waals surface area contributed by atoms with Gasteiger partial charge in [-0.2, -0.15) is 13.2 Å². The summed E-state index contributed by atoms with van der Waals surface area (Å²) in [6.07, 6.45) is -15.6. The maximum atomic E-state index is 12.9. The molecule has 6 atom stereocenters. The van der Waals surface area contributed by atoms with Crippen LogP contribution in [0.15, 0.2) is 0 Å². The molecule has 1 N–H and O–H groups in total. The number of hydrogen-bond acceptors (Lipinski definition) is 14. The van der Waals surface area contributed by atoms with E-state index in [1.807, 2.05) is 0 Å². The molecule has 1 amide bonds. The van der Waals surface area contributed by atoms with E-state index in [0.29, 0.717) is 0 Å². The molecular formula is C24H32F3NO14. The Morgan fingerprint density at radius 2 is 1.50 bits per heavy atom. The molecule has 1 aliphatic heterocycles. The summed E-state index contributed by atoms with van der Waals surface area (Å²) < 4.78 is 74.5. The molecule has 1 rings (SSSR count). The Bertz CT molecular complexity index is 1050. The van der Waals surface area contributed by atoms with Crippen molar-refractivity contribution in [3.63, 3.8) is 0 Å². The zero-order valence-electron chi connectivity index (χ0n) is 23.6. The largest absolute Gasteiger partial charge is 0.464 e. The zero-order valence-corrected chi connectivity index (χ0v) is 23.6. The third-order valence-electron chi connectivity index (χ3n) is 5.40. The van der Waals surface area contributed by atoms with E-state index in [0.717, 1.165) is 41.7 Å². The van der Waals surface area contributed by atoms with Crippen molar-refractivity contribution in [3.8, 4) is 0 Å². The molecule has 1 heterocycles. The van der Waals surface area contributed by atoms with Gasteiger partial charge in [0, 0.05) is 41.0 Å². The van der Waals surface area contributed by atoms with Gasteiger partial charge in [-0.25, -0.2) is 4.79 Å². The number of methoxy groups -OCH3 is 1. The van der Waals surface area contributed by atoms with Crippen LogP contribution in [0.3, 0.4) is 0 Å². The van der Waals surface area contributed by atoms with E-state index in [1.54, 1.807) is 0 Å². The average molecular weight is 616 g/mol. The highest BCUT2D eigenvalue weighted by atomic mass is 19.4. The molecule has 0 aliphatic carbocycles. The molecule has 1 fully saturated rings. The van der Waals surface area contributed by atoms with Crippen molar-refractivity contribution in [2.75, 3.05) is 13.7 Å². The molecule has 0 radical (unpaired) electrons. The SMILES string of the molecule is COC(=O)[C@@]1(OC(C)=O)C[C@H](OC(C)=O)[C@@H](NC(=O)CCC(F)(F)F)[C@H]([C@@H](OC(C)=O)[C@@H](COC(C)=O)OC(C)=O)O1. The van der Waals surface area contributed by atoms with Gasteiger partial charge in [0.15, 0.2) is 12.2 Å². The van der Waals surface area contributed by atoms with Crippen molar-refractivity contribution in [2.24, 2.45) is 0 Å². The van der Waals surface area contributed by atoms with Gasteiger partial charge in [-0.15, -0.1) is 0 Å². The van der Waals surface area contributed by atoms with Crippen LogP contribution in [0.1, 0.15) is 53.9 Å². The normalized spacial score (nSPS) is 23.3. The minimum Gasteiger partial charge on any atom is -0.464 e. The van der Waals surface area contributed by atoms with Gasteiger partial charge >= 0.3 is 47.8 Å². The van der Waals surface area contributed by atoms with Gasteiger partial charge in [0.2, 0.25) is 5.91 Å². The average Bonchev–Trinajstić information content (AvgIpc) is 2.83. The monoisotopic (exact) mass is 615 g/mol. The van der Waals surface area contributed by atoms with Gasteiger partial charge in [0.05, 0.1) is 26.0 Å².